The van der Waals surface area contributed by atoms with Crippen molar-refractivity contribution in [2.24, 2.45) is 0 Å². The molecule has 1 saturated heterocycles. The van der Waals surface area contributed by atoms with Crippen LogP contribution in [0, 0.1) is 6.42 Å². The van der Waals surface area contributed by atoms with Gasteiger partial charge in [0, 0.05) is 22.6 Å². The summed E-state index contributed by atoms with van der Waals surface area (Å²) in [5, 5.41) is 12.3. The van der Waals surface area contributed by atoms with Gasteiger partial charge in [-0.15, -0.1) is 0 Å². The van der Waals surface area contributed by atoms with Crippen molar-refractivity contribution in [3.8, 4) is 0 Å². The molecule has 2 aromatic rings. The van der Waals surface area contributed by atoms with E-state index < -0.39 is 5.60 Å². The van der Waals surface area contributed by atoms with Gasteiger partial charge in [0.2, 0.25) is 0 Å². The zero-order valence-electron chi connectivity index (χ0n) is 12.3. The highest BCUT2D eigenvalue weighted by Crippen LogP contribution is 2.41. The van der Waals surface area contributed by atoms with Crippen LogP contribution in [0.3, 0.4) is 0 Å². The second kappa shape index (κ2) is 5.18. The number of piperidine rings is 1. The van der Waals surface area contributed by atoms with Crippen LogP contribution in [0.25, 0.3) is 10.9 Å². The first-order valence-electron chi connectivity index (χ1n) is 7.67. The Morgan fingerprint density at radius 1 is 1.18 bits per heavy atom. The number of benzene rings is 1. The number of likely N-dealkylation sites (tertiary alicyclic amines) is 1. The van der Waals surface area contributed by atoms with E-state index in [1.807, 2.05) is 18.2 Å². The van der Waals surface area contributed by atoms with E-state index in [1.54, 1.807) is 10.6 Å². The summed E-state index contributed by atoms with van der Waals surface area (Å²) in [7, 11) is 0. The van der Waals surface area contributed by atoms with Gasteiger partial charge in [0.05, 0.1) is 12.1 Å². The molecule has 115 valence electrons. The molecule has 22 heavy (non-hydrogen) atoms. The number of pyridine rings is 1. The molecule has 0 bridgehead atoms. The molecule has 0 aliphatic carbocycles. The predicted octanol–water partition coefficient (Wildman–Crippen LogP) is 2.27. The minimum Gasteiger partial charge on any atom is -0.382 e. The molecule has 2 aliphatic heterocycles. The number of halogens is 1. The van der Waals surface area contributed by atoms with Crippen molar-refractivity contribution in [1.29, 1.82) is 0 Å². The molecule has 0 spiro atoms. The molecule has 1 atom stereocenters. The standard InChI is InChI=1S/C17H18BrN2O2/c18-13-6-4-12-5-7-14(21)20-11-17(22,15(13)16(12)20)10-19-8-2-1-3-9-19/h1,4-7,22H,2-3,8-11H2. The van der Waals surface area contributed by atoms with Crippen LogP contribution < -0.4 is 5.56 Å². The third-order valence-corrected chi connectivity index (χ3v) is 5.43. The maximum Gasteiger partial charge on any atom is 0.251 e. The Labute approximate surface area is 137 Å². The molecule has 2 aliphatic rings. The van der Waals surface area contributed by atoms with Crippen molar-refractivity contribution in [3.63, 3.8) is 0 Å². The lowest BCUT2D eigenvalue weighted by molar-refractivity contribution is -0.00970. The number of hydrogen-bond donors (Lipinski definition) is 1. The Hall–Kier alpha value is -1.17. The number of rotatable bonds is 2. The summed E-state index contributed by atoms with van der Waals surface area (Å²) >= 11 is 3.58. The number of aromatic nitrogens is 1. The minimum atomic E-state index is -1.01. The molecule has 1 aromatic heterocycles. The lowest BCUT2D eigenvalue weighted by Crippen LogP contribution is -2.44. The van der Waals surface area contributed by atoms with Crippen LogP contribution in [0.5, 0.6) is 0 Å². The van der Waals surface area contributed by atoms with Gasteiger partial charge in [-0.1, -0.05) is 22.0 Å². The average Bonchev–Trinajstić information content (AvgIpc) is 2.82. The Morgan fingerprint density at radius 2 is 1.91 bits per heavy atom. The largest absolute Gasteiger partial charge is 0.382 e. The van der Waals surface area contributed by atoms with Gasteiger partial charge in [-0.05, 0) is 49.9 Å². The van der Waals surface area contributed by atoms with E-state index in [4.69, 9.17) is 0 Å². The molecule has 4 rings (SSSR count). The maximum atomic E-state index is 12.2. The summed E-state index contributed by atoms with van der Waals surface area (Å²) < 4.78 is 2.59. The van der Waals surface area contributed by atoms with Crippen LogP contribution in [0.2, 0.25) is 0 Å². The van der Waals surface area contributed by atoms with Crippen molar-refractivity contribution >= 4 is 26.8 Å². The van der Waals surface area contributed by atoms with Gasteiger partial charge in [-0.25, -0.2) is 0 Å². The van der Waals surface area contributed by atoms with Crippen LogP contribution in [-0.2, 0) is 12.1 Å². The SMILES string of the molecule is O=c1ccc2ccc(Br)c3c2n1CC3(O)CN1CC[CH]CC1. The first-order chi connectivity index (χ1) is 10.6. The second-order valence-corrected chi connectivity index (χ2v) is 7.15. The Balaban J connectivity index is 1.83. The van der Waals surface area contributed by atoms with Gasteiger partial charge >= 0.3 is 0 Å². The minimum absolute atomic E-state index is 0.0465. The molecule has 1 N–H and O–H groups in total. The summed E-state index contributed by atoms with van der Waals surface area (Å²) in [4.78, 5) is 14.5. The third kappa shape index (κ3) is 2.14. The summed E-state index contributed by atoms with van der Waals surface area (Å²) in [6, 6.07) is 7.38. The highest BCUT2D eigenvalue weighted by Gasteiger charge is 2.41. The number of nitrogens with zero attached hydrogens (tertiary/aromatic N) is 2. The molecule has 1 fully saturated rings. The van der Waals surface area contributed by atoms with Gasteiger partial charge in [-0.3, -0.25) is 4.79 Å². The van der Waals surface area contributed by atoms with E-state index in [0.717, 1.165) is 46.9 Å². The molecule has 3 heterocycles. The molecule has 1 radical (unpaired) electrons. The van der Waals surface area contributed by atoms with Crippen LogP contribution in [0.1, 0.15) is 18.4 Å². The summed E-state index contributed by atoms with van der Waals surface area (Å²) in [5.74, 6) is 0. The summed E-state index contributed by atoms with van der Waals surface area (Å²) in [6.07, 6.45) is 4.42. The quantitative estimate of drug-likeness (QED) is 0.892. The van der Waals surface area contributed by atoms with E-state index in [1.165, 1.54) is 0 Å². The Morgan fingerprint density at radius 3 is 2.68 bits per heavy atom. The van der Waals surface area contributed by atoms with Crippen molar-refractivity contribution in [1.82, 2.24) is 9.47 Å². The average molecular weight is 362 g/mol. The fourth-order valence-corrected chi connectivity index (χ4v) is 4.46. The monoisotopic (exact) mass is 361 g/mol. The first-order valence-corrected chi connectivity index (χ1v) is 8.47. The fourth-order valence-electron chi connectivity index (χ4n) is 3.77. The number of aliphatic hydroxyl groups is 1. The molecule has 1 aromatic carbocycles. The predicted molar refractivity (Wildman–Crippen MR) is 89.8 cm³/mol. The second-order valence-electron chi connectivity index (χ2n) is 6.29. The Bertz CT molecular complexity index is 795. The molecule has 0 amide bonds. The number of hydrogen-bond acceptors (Lipinski definition) is 3. The van der Waals surface area contributed by atoms with E-state index in [2.05, 4.69) is 27.3 Å². The highest BCUT2D eigenvalue weighted by molar-refractivity contribution is 9.10. The molecule has 1 unspecified atom stereocenters. The molecular weight excluding hydrogens is 344 g/mol. The van der Waals surface area contributed by atoms with Gasteiger partial charge in [0.25, 0.3) is 5.56 Å². The fraction of sp³-hybridized carbons (Fsp3) is 0.412. The first kappa shape index (κ1) is 14.4. The molecule has 4 nitrogen and oxygen atoms in total. The normalized spacial score (nSPS) is 25.0. The van der Waals surface area contributed by atoms with Gasteiger partial charge < -0.3 is 14.6 Å². The lowest BCUT2D eigenvalue weighted by atomic mass is 9.93. The van der Waals surface area contributed by atoms with Crippen molar-refractivity contribution < 1.29 is 5.11 Å². The van der Waals surface area contributed by atoms with E-state index in [-0.39, 0.29) is 5.56 Å². The van der Waals surface area contributed by atoms with Crippen LogP contribution in [-0.4, -0.2) is 34.2 Å². The van der Waals surface area contributed by atoms with Crippen molar-refractivity contribution in [2.75, 3.05) is 19.6 Å². The van der Waals surface area contributed by atoms with Crippen molar-refractivity contribution in [3.05, 3.63) is 51.1 Å². The van der Waals surface area contributed by atoms with E-state index in [9.17, 15) is 9.90 Å². The lowest BCUT2D eigenvalue weighted by Gasteiger charge is -2.34. The van der Waals surface area contributed by atoms with Crippen LogP contribution in [0.15, 0.2) is 33.5 Å². The van der Waals surface area contributed by atoms with E-state index >= 15 is 0 Å². The highest BCUT2D eigenvalue weighted by atomic mass is 79.9. The zero-order valence-corrected chi connectivity index (χ0v) is 13.8. The Kier molecular flexibility index (Phi) is 3.40. The number of β-amino-alcohol motifs (C(OH)–C–C–N with tert-alkyl or cyclic N) is 1. The van der Waals surface area contributed by atoms with Gasteiger partial charge in [0.1, 0.15) is 5.60 Å². The van der Waals surface area contributed by atoms with Gasteiger partial charge in [0.15, 0.2) is 0 Å². The van der Waals surface area contributed by atoms with Crippen LogP contribution >= 0.6 is 15.9 Å². The summed E-state index contributed by atoms with van der Waals surface area (Å²) in [6.45, 7) is 2.85. The zero-order chi connectivity index (χ0) is 15.3. The molecule has 0 saturated carbocycles. The topological polar surface area (TPSA) is 45.5 Å². The third-order valence-electron chi connectivity index (χ3n) is 4.77. The smallest absolute Gasteiger partial charge is 0.251 e. The molecular formula is C17H18BrN2O2. The van der Waals surface area contributed by atoms with Gasteiger partial charge in [-0.2, -0.15) is 0 Å². The molecule has 5 heteroatoms. The van der Waals surface area contributed by atoms with Crippen molar-refractivity contribution in [2.45, 2.75) is 25.0 Å². The summed E-state index contributed by atoms with van der Waals surface area (Å²) in [5.41, 5.74) is 0.670. The van der Waals surface area contributed by atoms with Crippen LogP contribution in [0.4, 0.5) is 0 Å². The van der Waals surface area contributed by atoms with E-state index in [0.29, 0.717) is 13.1 Å². The maximum absolute atomic E-state index is 12.2.